The minimum absolute atomic E-state index is 0.249. The molecular formula is C24H25NO7S. The number of amides is 2. The van der Waals surface area contributed by atoms with E-state index in [1.54, 1.807) is 62.4 Å². The van der Waals surface area contributed by atoms with Gasteiger partial charge in [-0.15, -0.1) is 0 Å². The Labute approximate surface area is 196 Å². The second-order valence-electron chi connectivity index (χ2n) is 6.91. The van der Waals surface area contributed by atoms with Crippen molar-refractivity contribution in [3.05, 3.63) is 52.9 Å². The van der Waals surface area contributed by atoms with Crippen LogP contribution in [-0.2, 0) is 9.59 Å². The van der Waals surface area contributed by atoms with Gasteiger partial charge in [0.25, 0.3) is 11.1 Å². The van der Waals surface area contributed by atoms with Crippen LogP contribution in [0.3, 0.4) is 0 Å². The zero-order valence-corrected chi connectivity index (χ0v) is 19.4. The van der Waals surface area contributed by atoms with Crippen molar-refractivity contribution in [2.45, 2.75) is 33.3 Å². The molecule has 0 bridgehead atoms. The molecule has 1 heterocycles. The Balaban J connectivity index is 1.90. The second kappa shape index (κ2) is 10.9. The maximum Gasteiger partial charge on any atom is 0.344 e. The number of thioether (sulfide) groups is 1. The van der Waals surface area contributed by atoms with Crippen LogP contribution in [0, 0.1) is 0 Å². The summed E-state index contributed by atoms with van der Waals surface area (Å²) in [5.41, 5.74) is 1.00. The summed E-state index contributed by atoms with van der Waals surface area (Å²) in [6, 6.07) is 11.8. The number of para-hydroxylation sites is 2. The molecule has 2 aromatic carbocycles. The summed E-state index contributed by atoms with van der Waals surface area (Å²) in [4.78, 5) is 38.4. The highest BCUT2D eigenvalue weighted by Crippen LogP contribution is 2.40. The zero-order chi connectivity index (χ0) is 24.0. The van der Waals surface area contributed by atoms with Crippen LogP contribution < -0.4 is 19.1 Å². The Morgan fingerprint density at radius 3 is 2.39 bits per heavy atom. The van der Waals surface area contributed by atoms with Gasteiger partial charge in [0.1, 0.15) is 5.75 Å². The Morgan fingerprint density at radius 2 is 1.73 bits per heavy atom. The third-order valence-electron chi connectivity index (χ3n) is 4.68. The first-order chi connectivity index (χ1) is 15.9. The van der Waals surface area contributed by atoms with E-state index in [1.807, 2.05) is 6.92 Å². The fourth-order valence-corrected chi connectivity index (χ4v) is 4.02. The van der Waals surface area contributed by atoms with Crippen LogP contribution in [0.15, 0.2) is 47.4 Å². The van der Waals surface area contributed by atoms with E-state index in [0.717, 1.165) is 16.7 Å². The number of rotatable bonds is 10. The first-order valence-electron chi connectivity index (χ1n) is 10.6. The predicted octanol–water partition coefficient (Wildman–Crippen LogP) is 4.97. The van der Waals surface area contributed by atoms with Crippen LogP contribution in [0.25, 0.3) is 6.08 Å². The molecule has 2 aromatic rings. The monoisotopic (exact) mass is 471 g/mol. The molecule has 1 atom stereocenters. The maximum atomic E-state index is 13.1. The molecule has 0 aromatic heterocycles. The molecule has 3 rings (SSSR count). The third-order valence-corrected chi connectivity index (χ3v) is 5.55. The number of nitrogens with zero attached hydrogens (tertiary/aromatic N) is 1. The molecule has 0 spiro atoms. The summed E-state index contributed by atoms with van der Waals surface area (Å²) < 4.78 is 16.8. The van der Waals surface area contributed by atoms with Crippen LogP contribution in [0.1, 0.15) is 32.8 Å². The van der Waals surface area contributed by atoms with Crippen LogP contribution in [0.5, 0.6) is 17.2 Å². The molecule has 0 aliphatic carbocycles. The Morgan fingerprint density at radius 1 is 1.03 bits per heavy atom. The number of anilines is 1. The molecule has 1 unspecified atom stereocenters. The van der Waals surface area contributed by atoms with Crippen molar-refractivity contribution in [2.24, 2.45) is 0 Å². The molecule has 8 nitrogen and oxygen atoms in total. The van der Waals surface area contributed by atoms with Crippen molar-refractivity contribution >= 4 is 40.6 Å². The topological polar surface area (TPSA) is 102 Å². The van der Waals surface area contributed by atoms with Gasteiger partial charge < -0.3 is 19.3 Å². The van der Waals surface area contributed by atoms with Crippen LogP contribution in [0.2, 0.25) is 0 Å². The van der Waals surface area contributed by atoms with Crippen molar-refractivity contribution in [1.82, 2.24) is 0 Å². The van der Waals surface area contributed by atoms with Gasteiger partial charge in [0.15, 0.2) is 17.6 Å². The van der Waals surface area contributed by atoms with Crippen molar-refractivity contribution < 1.29 is 33.7 Å². The molecule has 1 saturated heterocycles. The number of carbonyl (C=O) groups excluding carboxylic acids is 2. The van der Waals surface area contributed by atoms with E-state index in [9.17, 15) is 19.5 Å². The van der Waals surface area contributed by atoms with Gasteiger partial charge in [-0.3, -0.25) is 9.59 Å². The van der Waals surface area contributed by atoms with Gasteiger partial charge in [-0.2, -0.15) is 0 Å². The van der Waals surface area contributed by atoms with Gasteiger partial charge in [-0.05, 0) is 67.9 Å². The van der Waals surface area contributed by atoms with E-state index in [4.69, 9.17) is 14.2 Å². The summed E-state index contributed by atoms with van der Waals surface area (Å²) >= 11 is 0.833. The lowest BCUT2D eigenvalue weighted by Gasteiger charge is -2.17. The van der Waals surface area contributed by atoms with Gasteiger partial charge in [0.05, 0.1) is 23.8 Å². The first kappa shape index (κ1) is 24.2. The normalized spacial score (nSPS) is 15.6. The standard InChI is InChI=1S/C24H25NO7S/c1-4-17(23(27)28)32-19-12-11-15(13-20(19)31-6-3)14-21-22(26)25(24(29)33-21)16-9-7-8-10-18(16)30-5-2/h7-14,17H,4-6H2,1-3H3,(H,27,28)/b21-14+. The summed E-state index contributed by atoms with van der Waals surface area (Å²) in [5.74, 6) is -0.418. The lowest BCUT2D eigenvalue weighted by molar-refractivity contribution is -0.145. The molecule has 1 aliphatic rings. The highest BCUT2D eigenvalue weighted by molar-refractivity contribution is 8.19. The van der Waals surface area contributed by atoms with Gasteiger partial charge in [-0.1, -0.05) is 25.1 Å². The minimum atomic E-state index is -1.06. The fourth-order valence-electron chi connectivity index (χ4n) is 3.19. The molecule has 1 aliphatic heterocycles. The van der Waals surface area contributed by atoms with Crippen LogP contribution in [0.4, 0.5) is 10.5 Å². The number of hydrogen-bond donors (Lipinski definition) is 1. The van der Waals surface area contributed by atoms with E-state index in [0.29, 0.717) is 48.1 Å². The number of benzene rings is 2. The Hall–Kier alpha value is -3.46. The molecule has 0 saturated carbocycles. The van der Waals surface area contributed by atoms with Gasteiger partial charge >= 0.3 is 5.97 Å². The molecule has 9 heteroatoms. The maximum absolute atomic E-state index is 13.1. The molecule has 0 radical (unpaired) electrons. The van der Waals surface area contributed by atoms with Crippen molar-refractivity contribution in [3.8, 4) is 17.2 Å². The molecule has 174 valence electrons. The molecular weight excluding hydrogens is 446 g/mol. The second-order valence-corrected chi connectivity index (χ2v) is 7.90. The minimum Gasteiger partial charge on any atom is -0.492 e. The Bertz CT molecular complexity index is 1080. The predicted molar refractivity (Wildman–Crippen MR) is 126 cm³/mol. The highest BCUT2D eigenvalue weighted by Gasteiger charge is 2.37. The number of imide groups is 1. The van der Waals surface area contributed by atoms with Gasteiger partial charge in [0.2, 0.25) is 0 Å². The molecule has 33 heavy (non-hydrogen) atoms. The SMILES string of the molecule is CCOc1cc(/C=C2/SC(=O)N(c3ccccc3OCC)C2=O)ccc1OC(CC)C(=O)O. The number of carboxylic acids is 1. The van der Waals surface area contributed by atoms with E-state index in [1.165, 1.54) is 0 Å². The number of carbonyl (C=O) groups is 3. The summed E-state index contributed by atoms with van der Waals surface area (Å²) in [7, 11) is 0. The van der Waals surface area contributed by atoms with E-state index in [-0.39, 0.29) is 4.91 Å². The van der Waals surface area contributed by atoms with Crippen LogP contribution in [-0.4, -0.2) is 41.5 Å². The van der Waals surface area contributed by atoms with Crippen molar-refractivity contribution in [3.63, 3.8) is 0 Å². The zero-order valence-electron chi connectivity index (χ0n) is 18.6. The smallest absolute Gasteiger partial charge is 0.344 e. The summed E-state index contributed by atoms with van der Waals surface area (Å²) in [6.45, 7) is 6.08. The van der Waals surface area contributed by atoms with E-state index in [2.05, 4.69) is 0 Å². The number of aliphatic carboxylic acids is 1. The number of carboxylic acid groups (broad SMARTS) is 1. The van der Waals surface area contributed by atoms with Gasteiger partial charge in [-0.25, -0.2) is 9.69 Å². The molecule has 1 fully saturated rings. The average Bonchev–Trinajstić information content (AvgIpc) is 3.06. The molecule has 2 amide bonds. The lowest BCUT2D eigenvalue weighted by Crippen LogP contribution is -2.28. The van der Waals surface area contributed by atoms with Gasteiger partial charge in [0, 0.05) is 0 Å². The average molecular weight is 472 g/mol. The number of hydrogen-bond acceptors (Lipinski definition) is 7. The third kappa shape index (κ3) is 5.48. The summed E-state index contributed by atoms with van der Waals surface area (Å²) in [6.07, 6.45) is 0.880. The molecule has 1 N–H and O–H groups in total. The van der Waals surface area contributed by atoms with Crippen molar-refractivity contribution in [1.29, 1.82) is 0 Å². The van der Waals surface area contributed by atoms with E-state index >= 15 is 0 Å². The van der Waals surface area contributed by atoms with E-state index < -0.39 is 23.2 Å². The summed E-state index contributed by atoms with van der Waals surface area (Å²) in [5, 5.41) is 8.84. The fraction of sp³-hybridized carbons (Fsp3) is 0.292. The Kier molecular flexibility index (Phi) is 8.00. The highest BCUT2D eigenvalue weighted by atomic mass is 32.2. The largest absolute Gasteiger partial charge is 0.492 e. The van der Waals surface area contributed by atoms with Crippen molar-refractivity contribution in [2.75, 3.05) is 18.1 Å². The quantitative estimate of drug-likeness (QED) is 0.485. The first-order valence-corrected chi connectivity index (χ1v) is 11.4. The lowest BCUT2D eigenvalue weighted by atomic mass is 10.1. The number of ether oxygens (including phenoxy) is 3. The van der Waals surface area contributed by atoms with Crippen LogP contribution >= 0.6 is 11.8 Å².